The van der Waals surface area contributed by atoms with Crippen molar-refractivity contribution in [3.63, 3.8) is 0 Å². The van der Waals surface area contributed by atoms with Gasteiger partial charge in [-0.25, -0.2) is 4.79 Å². The van der Waals surface area contributed by atoms with Crippen LogP contribution >= 0.6 is 23.6 Å². The summed E-state index contributed by atoms with van der Waals surface area (Å²) < 4.78 is 10.7. The second-order valence-electron chi connectivity index (χ2n) is 6.74. The van der Waals surface area contributed by atoms with Gasteiger partial charge in [-0.3, -0.25) is 10.1 Å². The van der Waals surface area contributed by atoms with E-state index < -0.39 is 0 Å². The van der Waals surface area contributed by atoms with Crippen LogP contribution in [0, 0.1) is 6.92 Å². The van der Waals surface area contributed by atoms with E-state index in [1.165, 1.54) is 16.2 Å². The molecule has 6 nitrogen and oxygen atoms in total. The summed E-state index contributed by atoms with van der Waals surface area (Å²) in [7, 11) is 0. The fourth-order valence-electron chi connectivity index (χ4n) is 3.15. The number of esters is 1. The number of benzene rings is 1. The van der Waals surface area contributed by atoms with E-state index in [4.69, 9.17) is 21.7 Å². The van der Waals surface area contributed by atoms with Gasteiger partial charge in [0, 0.05) is 4.88 Å². The molecule has 1 aliphatic rings. The van der Waals surface area contributed by atoms with E-state index in [0.29, 0.717) is 22.9 Å². The van der Waals surface area contributed by atoms with Crippen molar-refractivity contribution in [3.8, 4) is 5.75 Å². The largest absolute Gasteiger partial charge is 0.484 e. The minimum atomic E-state index is -0.373. The molecule has 0 bridgehead atoms. The van der Waals surface area contributed by atoms with Crippen molar-refractivity contribution < 1.29 is 19.1 Å². The van der Waals surface area contributed by atoms with Crippen LogP contribution in [-0.4, -0.2) is 30.2 Å². The number of rotatable bonds is 6. The summed E-state index contributed by atoms with van der Waals surface area (Å²) in [6.07, 6.45) is 3.95. The molecular weight excluding hydrogens is 408 g/mol. The maximum atomic E-state index is 12.5. The normalized spacial score (nSPS) is 12.6. The van der Waals surface area contributed by atoms with Gasteiger partial charge >= 0.3 is 5.97 Å². The fraction of sp³-hybridized carbons (Fsp3) is 0.381. The molecule has 0 fully saturated rings. The van der Waals surface area contributed by atoms with Crippen LogP contribution in [0.4, 0.5) is 5.00 Å². The molecule has 0 saturated heterocycles. The lowest BCUT2D eigenvalue weighted by molar-refractivity contribution is -0.121. The smallest absolute Gasteiger partial charge is 0.341 e. The lowest BCUT2D eigenvalue weighted by Gasteiger charge is -2.13. The maximum absolute atomic E-state index is 12.5. The van der Waals surface area contributed by atoms with Crippen molar-refractivity contribution in [2.24, 2.45) is 0 Å². The number of fused-ring (bicyclic) bond motifs is 1. The highest BCUT2D eigenvalue weighted by Gasteiger charge is 2.27. The Hall–Kier alpha value is -2.45. The molecule has 29 heavy (non-hydrogen) atoms. The Morgan fingerprint density at radius 1 is 1.17 bits per heavy atom. The van der Waals surface area contributed by atoms with Crippen LogP contribution in [0.3, 0.4) is 0 Å². The summed E-state index contributed by atoms with van der Waals surface area (Å²) in [5.74, 6) is -0.117. The van der Waals surface area contributed by atoms with Gasteiger partial charge in [0.05, 0.1) is 12.2 Å². The fourth-order valence-corrected chi connectivity index (χ4v) is 4.72. The topological polar surface area (TPSA) is 76.7 Å². The van der Waals surface area contributed by atoms with Gasteiger partial charge in [0.15, 0.2) is 11.7 Å². The van der Waals surface area contributed by atoms with Crippen LogP contribution in [0.5, 0.6) is 5.75 Å². The number of thiocarbonyl (C=S) groups is 1. The SMILES string of the molecule is CCOC(=O)c1c(NC(=S)NC(=O)COc2ccc(C)cc2)sc2c1CCCC2. The van der Waals surface area contributed by atoms with Gasteiger partial charge in [0.25, 0.3) is 5.91 Å². The van der Waals surface area contributed by atoms with Gasteiger partial charge in [0.1, 0.15) is 10.8 Å². The molecule has 0 unspecified atom stereocenters. The third-order valence-corrected chi connectivity index (χ3v) is 5.93. The number of ether oxygens (including phenoxy) is 2. The maximum Gasteiger partial charge on any atom is 0.341 e. The first-order valence-corrected chi connectivity index (χ1v) is 10.8. The molecule has 1 amide bonds. The second-order valence-corrected chi connectivity index (χ2v) is 8.25. The first-order chi connectivity index (χ1) is 14.0. The highest BCUT2D eigenvalue weighted by Crippen LogP contribution is 2.38. The zero-order valence-electron chi connectivity index (χ0n) is 16.5. The lowest BCUT2D eigenvalue weighted by atomic mass is 9.95. The zero-order chi connectivity index (χ0) is 20.8. The average molecular weight is 433 g/mol. The van der Waals surface area contributed by atoms with E-state index in [0.717, 1.165) is 36.8 Å². The van der Waals surface area contributed by atoms with Crippen molar-refractivity contribution in [2.45, 2.75) is 39.5 Å². The van der Waals surface area contributed by atoms with Gasteiger partial charge < -0.3 is 14.8 Å². The number of carbonyl (C=O) groups is 2. The molecule has 1 aromatic heterocycles. The number of amides is 1. The molecule has 0 saturated carbocycles. The van der Waals surface area contributed by atoms with Crippen LogP contribution in [0.1, 0.15) is 46.1 Å². The van der Waals surface area contributed by atoms with Crippen molar-refractivity contribution in [3.05, 3.63) is 45.8 Å². The number of hydrogen-bond donors (Lipinski definition) is 2. The summed E-state index contributed by atoms with van der Waals surface area (Å²) >= 11 is 6.77. The van der Waals surface area contributed by atoms with Gasteiger partial charge in [-0.2, -0.15) is 0 Å². The second kappa shape index (κ2) is 9.84. The summed E-state index contributed by atoms with van der Waals surface area (Å²) in [5, 5.41) is 6.36. The van der Waals surface area contributed by atoms with E-state index in [2.05, 4.69) is 10.6 Å². The third-order valence-electron chi connectivity index (χ3n) is 4.52. The predicted molar refractivity (Wildman–Crippen MR) is 118 cm³/mol. The number of hydrogen-bond acceptors (Lipinski definition) is 6. The van der Waals surface area contributed by atoms with E-state index in [1.807, 2.05) is 19.1 Å². The van der Waals surface area contributed by atoms with E-state index in [1.54, 1.807) is 19.1 Å². The van der Waals surface area contributed by atoms with Crippen LogP contribution in [0.25, 0.3) is 0 Å². The Bertz CT molecular complexity index is 906. The lowest BCUT2D eigenvalue weighted by Crippen LogP contribution is -2.37. The minimum absolute atomic E-state index is 0.131. The molecule has 3 rings (SSSR count). The Labute approximate surface area is 179 Å². The Kier molecular flexibility index (Phi) is 7.22. The Morgan fingerprint density at radius 2 is 1.90 bits per heavy atom. The molecule has 1 aromatic carbocycles. The first kappa shape index (κ1) is 21.3. The average Bonchev–Trinajstić information content (AvgIpc) is 3.05. The molecule has 1 heterocycles. The van der Waals surface area contributed by atoms with Crippen LogP contribution < -0.4 is 15.4 Å². The molecule has 2 N–H and O–H groups in total. The Morgan fingerprint density at radius 3 is 2.62 bits per heavy atom. The molecule has 154 valence electrons. The standard InChI is InChI=1S/C21H24N2O4S2/c1-3-26-20(25)18-15-6-4-5-7-16(15)29-19(18)23-21(28)22-17(24)12-27-14-10-8-13(2)9-11-14/h8-11H,3-7,12H2,1-2H3,(H2,22,23,24,28). The van der Waals surface area contributed by atoms with E-state index in [-0.39, 0.29) is 23.6 Å². The first-order valence-electron chi connectivity index (χ1n) is 9.60. The molecule has 0 spiro atoms. The van der Waals surface area contributed by atoms with Crippen molar-refractivity contribution in [1.29, 1.82) is 0 Å². The van der Waals surface area contributed by atoms with Crippen LogP contribution in [0.2, 0.25) is 0 Å². The monoisotopic (exact) mass is 432 g/mol. The Balaban J connectivity index is 1.62. The van der Waals surface area contributed by atoms with Gasteiger partial charge in [-0.15, -0.1) is 11.3 Å². The van der Waals surface area contributed by atoms with Crippen molar-refractivity contribution in [2.75, 3.05) is 18.5 Å². The molecule has 2 aromatic rings. The van der Waals surface area contributed by atoms with Crippen molar-refractivity contribution in [1.82, 2.24) is 5.32 Å². The molecule has 0 atom stereocenters. The molecule has 8 heteroatoms. The molecule has 1 aliphatic carbocycles. The van der Waals surface area contributed by atoms with E-state index in [9.17, 15) is 9.59 Å². The summed E-state index contributed by atoms with van der Waals surface area (Å²) in [4.78, 5) is 25.8. The summed E-state index contributed by atoms with van der Waals surface area (Å²) in [6.45, 7) is 3.91. The number of carbonyl (C=O) groups excluding carboxylic acids is 2. The molecule has 0 aliphatic heterocycles. The van der Waals surface area contributed by atoms with Gasteiger partial charge in [0.2, 0.25) is 0 Å². The van der Waals surface area contributed by atoms with Crippen LogP contribution in [0.15, 0.2) is 24.3 Å². The quantitative estimate of drug-likeness (QED) is 0.531. The highest BCUT2D eigenvalue weighted by atomic mass is 32.1. The van der Waals surface area contributed by atoms with Gasteiger partial charge in [-0.05, 0) is 69.4 Å². The van der Waals surface area contributed by atoms with Crippen molar-refractivity contribution >= 4 is 45.5 Å². The van der Waals surface area contributed by atoms with Gasteiger partial charge in [-0.1, -0.05) is 17.7 Å². The zero-order valence-corrected chi connectivity index (χ0v) is 18.1. The number of anilines is 1. The number of nitrogens with one attached hydrogen (secondary N) is 2. The number of thiophene rings is 1. The third kappa shape index (κ3) is 5.55. The van der Waals surface area contributed by atoms with E-state index >= 15 is 0 Å². The molecular formula is C21H24N2O4S2. The predicted octanol–water partition coefficient (Wildman–Crippen LogP) is 4.00. The molecule has 0 radical (unpaired) electrons. The highest BCUT2D eigenvalue weighted by molar-refractivity contribution is 7.80. The van der Waals surface area contributed by atoms with Crippen LogP contribution in [-0.2, 0) is 22.4 Å². The number of aryl methyl sites for hydroxylation is 2. The summed E-state index contributed by atoms with van der Waals surface area (Å²) in [6, 6.07) is 7.44. The minimum Gasteiger partial charge on any atom is -0.484 e. The summed E-state index contributed by atoms with van der Waals surface area (Å²) in [5.41, 5.74) is 2.70.